The van der Waals surface area contributed by atoms with Crippen LogP contribution in [-0.4, -0.2) is 32.4 Å². The van der Waals surface area contributed by atoms with E-state index >= 15 is 0 Å². The van der Waals surface area contributed by atoms with Crippen LogP contribution in [0.3, 0.4) is 0 Å². The highest BCUT2D eigenvalue weighted by atomic mass is 32.2. The quantitative estimate of drug-likeness (QED) is 0.877. The van der Waals surface area contributed by atoms with E-state index < -0.39 is 10.2 Å². The number of hydrogen-bond donors (Lipinski definition) is 1. The lowest BCUT2D eigenvalue weighted by Gasteiger charge is -2.30. The number of rotatable bonds is 6. The molecule has 0 unspecified atom stereocenters. The molecular weight excluding hydrogens is 280 g/mol. The highest BCUT2D eigenvalue weighted by Crippen LogP contribution is 2.22. The molecule has 1 N–H and O–H groups in total. The smallest absolute Gasteiger partial charge is 0.202 e. The van der Waals surface area contributed by atoms with Gasteiger partial charge in [0.1, 0.15) is 0 Å². The molecule has 0 bridgehead atoms. The molecule has 0 atom stereocenters. The summed E-state index contributed by atoms with van der Waals surface area (Å²) in [7, 11) is -1.63. The summed E-state index contributed by atoms with van der Waals surface area (Å²) in [5.74, 6) is 0. The van der Waals surface area contributed by atoms with E-state index in [4.69, 9.17) is 0 Å². The van der Waals surface area contributed by atoms with Crippen molar-refractivity contribution in [3.8, 4) is 0 Å². The molecule has 2 rings (SSSR count). The first-order valence-corrected chi connectivity index (χ1v) is 9.16. The van der Waals surface area contributed by atoms with E-state index in [1.54, 1.807) is 18.4 Å². The molecule has 0 saturated heterocycles. The second-order valence-corrected chi connectivity index (χ2v) is 7.88. The number of nitrogens with zero attached hydrogens (tertiary/aromatic N) is 1. The van der Waals surface area contributed by atoms with Gasteiger partial charge in [-0.15, -0.1) is 11.3 Å². The van der Waals surface area contributed by atoms with Gasteiger partial charge in [0.25, 0.3) is 10.2 Å². The number of nitrogens with one attached hydrogen (secondary N) is 1. The SMILES string of the molecule is CN(C1CCCCC1)S(=O)(=O)NCCc1cccs1. The summed E-state index contributed by atoms with van der Waals surface area (Å²) in [6, 6.07) is 4.19. The van der Waals surface area contributed by atoms with Gasteiger partial charge in [-0.1, -0.05) is 25.3 Å². The highest BCUT2D eigenvalue weighted by molar-refractivity contribution is 7.87. The lowest BCUT2D eigenvalue weighted by atomic mass is 9.96. The molecule has 0 radical (unpaired) electrons. The maximum Gasteiger partial charge on any atom is 0.279 e. The topological polar surface area (TPSA) is 49.4 Å². The molecule has 1 aromatic rings. The van der Waals surface area contributed by atoms with E-state index in [9.17, 15) is 8.42 Å². The molecule has 0 aliphatic heterocycles. The zero-order valence-electron chi connectivity index (χ0n) is 11.3. The van der Waals surface area contributed by atoms with Gasteiger partial charge in [-0.25, -0.2) is 4.72 Å². The Morgan fingerprint density at radius 1 is 1.37 bits per heavy atom. The predicted octanol–water partition coefficient (Wildman–Crippen LogP) is 2.39. The van der Waals surface area contributed by atoms with Gasteiger partial charge in [-0.05, 0) is 30.7 Å². The van der Waals surface area contributed by atoms with Crippen molar-refractivity contribution >= 4 is 21.5 Å². The summed E-state index contributed by atoms with van der Waals surface area (Å²) in [5.41, 5.74) is 0. The largest absolute Gasteiger partial charge is 0.279 e. The molecule has 0 aromatic carbocycles. The van der Waals surface area contributed by atoms with Gasteiger partial charge in [-0.2, -0.15) is 12.7 Å². The lowest BCUT2D eigenvalue weighted by Crippen LogP contribution is -2.45. The summed E-state index contributed by atoms with van der Waals surface area (Å²) >= 11 is 1.66. The summed E-state index contributed by atoms with van der Waals surface area (Å²) in [6.07, 6.45) is 6.25. The van der Waals surface area contributed by atoms with Crippen LogP contribution in [0.2, 0.25) is 0 Å². The molecule has 1 saturated carbocycles. The van der Waals surface area contributed by atoms with Crippen molar-refractivity contribution in [3.63, 3.8) is 0 Å². The Morgan fingerprint density at radius 3 is 2.74 bits per heavy atom. The van der Waals surface area contributed by atoms with Crippen molar-refractivity contribution in [2.45, 2.75) is 44.6 Å². The molecule has 1 aliphatic carbocycles. The monoisotopic (exact) mass is 302 g/mol. The van der Waals surface area contributed by atoms with Crippen molar-refractivity contribution in [2.24, 2.45) is 0 Å². The van der Waals surface area contributed by atoms with Gasteiger partial charge < -0.3 is 0 Å². The molecular formula is C13H22N2O2S2. The maximum absolute atomic E-state index is 12.2. The zero-order valence-corrected chi connectivity index (χ0v) is 13.0. The van der Waals surface area contributed by atoms with E-state index in [1.807, 2.05) is 17.5 Å². The number of hydrogen-bond acceptors (Lipinski definition) is 3. The van der Waals surface area contributed by atoms with Gasteiger partial charge in [0, 0.05) is 24.5 Å². The van der Waals surface area contributed by atoms with Gasteiger partial charge in [0.05, 0.1) is 0 Å². The van der Waals surface area contributed by atoms with Gasteiger partial charge >= 0.3 is 0 Å². The maximum atomic E-state index is 12.2. The molecule has 108 valence electrons. The van der Waals surface area contributed by atoms with E-state index in [0.717, 1.165) is 32.1 Å². The molecule has 1 heterocycles. The van der Waals surface area contributed by atoms with E-state index in [2.05, 4.69) is 4.72 Å². The summed E-state index contributed by atoms with van der Waals surface area (Å²) in [5, 5.41) is 2.01. The normalized spacial score (nSPS) is 18.0. The Labute approximate surface area is 120 Å². The van der Waals surface area contributed by atoms with Gasteiger partial charge in [-0.3, -0.25) is 0 Å². The molecule has 6 heteroatoms. The number of thiophene rings is 1. The summed E-state index contributed by atoms with van der Waals surface area (Å²) in [6.45, 7) is 0.472. The van der Waals surface area contributed by atoms with Crippen molar-refractivity contribution in [1.29, 1.82) is 0 Å². The van der Waals surface area contributed by atoms with Crippen LogP contribution < -0.4 is 4.72 Å². The Kier molecular flexibility index (Phi) is 5.38. The van der Waals surface area contributed by atoms with Gasteiger partial charge in [0.15, 0.2) is 0 Å². The highest BCUT2D eigenvalue weighted by Gasteiger charge is 2.26. The van der Waals surface area contributed by atoms with Crippen LogP contribution in [0.15, 0.2) is 17.5 Å². The molecule has 0 amide bonds. The second kappa shape index (κ2) is 6.83. The third kappa shape index (κ3) is 4.27. The standard InChI is InChI=1S/C13H22N2O2S2/c1-15(12-6-3-2-4-7-12)19(16,17)14-10-9-13-8-5-11-18-13/h5,8,11-12,14H,2-4,6-7,9-10H2,1H3. The fourth-order valence-electron chi connectivity index (χ4n) is 2.50. The first kappa shape index (κ1) is 15.0. The second-order valence-electron chi connectivity index (χ2n) is 5.04. The van der Waals surface area contributed by atoms with E-state index in [-0.39, 0.29) is 6.04 Å². The fourth-order valence-corrected chi connectivity index (χ4v) is 4.38. The van der Waals surface area contributed by atoms with Crippen molar-refractivity contribution in [1.82, 2.24) is 9.03 Å². The van der Waals surface area contributed by atoms with Crippen LogP contribution in [-0.2, 0) is 16.6 Å². The summed E-state index contributed by atoms with van der Waals surface area (Å²) < 4.78 is 28.6. The minimum Gasteiger partial charge on any atom is -0.202 e. The van der Waals surface area contributed by atoms with Crippen LogP contribution in [0.5, 0.6) is 0 Å². The third-order valence-corrected chi connectivity index (χ3v) is 6.27. The minimum atomic E-state index is -3.33. The molecule has 4 nitrogen and oxygen atoms in total. The third-order valence-electron chi connectivity index (χ3n) is 3.70. The first-order valence-electron chi connectivity index (χ1n) is 6.84. The Hall–Kier alpha value is -0.430. The molecule has 0 spiro atoms. The van der Waals surface area contributed by atoms with E-state index in [0.29, 0.717) is 6.54 Å². The van der Waals surface area contributed by atoms with Gasteiger partial charge in [0.2, 0.25) is 0 Å². The molecule has 1 aliphatic rings. The van der Waals surface area contributed by atoms with Crippen LogP contribution in [0.25, 0.3) is 0 Å². The Balaban J connectivity index is 1.83. The van der Waals surface area contributed by atoms with Crippen LogP contribution >= 0.6 is 11.3 Å². The predicted molar refractivity (Wildman–Crippen MR) is 79.6 cm³/mol. The fraction of sp³-hybridized carbons (Fsp3) is 0.692. The van der Waals surface area contributed by atoms with Crippen LogP contribution in [0.1, 0.15) is 37.0 Å². The average Bonchev–Trinajstić information content (AvgIpc) is 2.92. The van der Waals surface area contributed by atoms with Crippen molar-refractivity contribution < 1.29 is 8.42 Å². The Bertz CT molecular complexity index is 465. The van der Waals surface area contributed by atoms with Crippen LogP contribution in [0.4, 0.5) is 0 Å². The molecule has 1 aromatic heterocycles. The molecule has 19 heavy (non-hydrogen) atoms. The minimum absolute atomic E-state index is 0.174. The zero-order chi connectivity index (χ0) is 13.7. The Morgan fingerprint density at radius 2 is 2.11 bits per heavy atom. The first-order chi connectivity index (χ1) is 9.09. The van der Waals surface area contributed by atoms with Crippen LogP contribution in [0, 0.1) is 0 Å². The van der Waals surface area contributed by atoms with Crippen molar-refractivity contribution in [3.05, 3.63) is 22.4 Å². The average molecular weight is 302 g/mol. The summed E-state index contributed by atoms with van der Waals surface area (Å²) in [4.78, 5) is 1.21. The lowest BCUT2D eigenvalue weighted by molar-refractivity contribution is 0.283. The van der Waals surface area contributed by atoms with E-state index in [1.165, 1.54) is 15.6 Å². The molecule has 1 fully saturated rings. The van der Waals surface area contributed by atoms with Crippen molar-refractivity contribution in [2.75, 3.05) is 13.6 Å².